The number of hydrogen-bond acceptors (Lipinski definition) is 9. The molecule has 14 heteroatoms. The van der Waals surface area contributed by atoms with Gasteiger partial charge in [-0.2, -0.15) is 5.10 Å². The molecule has 2 aromatic carbocycles. The number of primary amides is 1. The van der Waals surface area contributed by atoms with E-state index in [1.165, 1.54) is 13.2 Å². The molecule has 0 unspecified atom stereocenters. The van der Waals surface area contributed by atoms with Gasteiger partial charge in [-0.25, -0.2) is 8.42 Å². The molecule has 2 heterocycles. The highest BCUT2D eigenvalue weighted by atomic mass is 35.5. The summed E-state index contributed by atoms with van der Waals surface area (Å²) in [5, 5.41) is 12.2. The number of nitrogens with two attached hydrogens (primary N) is 2. The second-order valence-electron chi connectivity index (χ2n) is 9.28. The highest BCUT2D eigenvalue weighted by molar-refractivity contribution is 7.92. The molecular formula is C28H31ClN4O7S2. The van der Waals surface area contributed by atoms with E-state index in [4.69, 9.17) is 42.8 Å². The van der Waals surface area contributed by atoms with Gasteiger partial charge in [0.25, 0.3) is 6.47 Å². The number of hydrogen-bond donors (Lipinski definition) is 3. The van der Waals surface area contributed by atoms with E-state index in [1.54, 1.807) is 16.8 Å². The zero-order valence-electron chi connectivity index (χ0n) is 22.7. The molecule has 0 radical (unpaired) electrons. The third kappa shape index (κ3) is 8.61. The van der Waals surface area contributed by atoms with Crippen molar-refractivity contribution in [2.24, 2.45) is 11.5 Å². The van der Waals surface area contributed by atoms with E-state index in [-0.39, 0.29) is 41.5 Å². The lowest BCUT2D eigenvalue weighted by Gasteiger charge is -2.10. The summed E-state index contributed by atoms with van der Waals surface area (Å²) in [5.41, 5.74) is 14.1. The zero-order valence-corrected chi connectivity index (χ0v) is 25.1. The molecule has 1 atom stereocenters. The number of sulfone groups is 1. The Hall–Kier alpha value is -3.78. The Morgan fingerprint density at radius 1 is 1.14 bits per heavy atom. The van der Waals surface area contributed by atoms with Crippen LogP contribution < -0.4 is 16.2 Å². The van der Waals surface area contributed by atoms with E-state index < -0.39 is 21.8 Å². The molecule has 42 heavy (non-hydrogen) atoms. The summed E-state index contributed by atoms with van der Waals surface area (Å²) in [6.07, 6.45) is 1.06. The highest BCUT2D eigenvalue weighted by Crippen LogP contribution is 2.33. The van der Waals surface area contributed by atoms with Gasteiger partial charge in [0.05, 0.1) is 40.6 Å². The quantitative estimate of drug-likeness (QED) is 0.185. The van der Waals surface area contributed by atoms with E-state index in [0.717, 1.165) is 28.0 Å². The molecule has 0 aliphatic rings. The third-order valence-electron chi connectivity index (χ3n) is 6.31. The summed E-state index contributed by atoms with van der Waals surface area (Å²) in [5.74, 6) is -0.365. The number of benzene rings is 2. The first-order valence-electron chi connectivity index (χ1n) is 12.7. The van der Waals surface area contributed by atoms with Crippen molar-refractivity contribution >= 4 is 61.8 Å². The lowest BCUT2D eigenvalue weighted by atomic mass is 9.99. The number of methoxy groups -OCH3 is 1. The Kier molecular flexibility index (Phi) is 11.6. The van der Waals surface area contributed by atoms with Crippen LogP contribution in [-0.2, 0) is 42.9 Å². The van der Waals surface area contributed by atoms with Crippen LogP contribution in [-0.4, -0.2) is 54.6 Å². The minimum Gasteiger partial charge on any atom is -0.496 e. The number of carboxylic acid groups (broad SMARTS) is 1. The summed E-state index contributed by atoms with van der Waals surface area (Å²) in [4.78, 5) is 31.7. The maximum absolute atomic E-state index is 13.1. The Labute approximate surface area is 251 Å². The van der Waals surface area contributed by atoms with Crippen LogP contribution in [0.25, 0.3) is 10.9 Å². The fraction of sp³-hybridized carbons (Fsp3) is 0.286. The first-order chi connectivity index (χ1) is 20.0. The predicted octanol–water partition coefficient (Wildman–Crippen LogP) is 3.58. The molecule has 224 valence electrons. The number of aromatic nitrogens is 2. The third-order valence-corrected chi connectivity index (χ3v) is 9.75. The van der Waals surface area contributed by atoms with E-state index >= 15 is 0 Å². The fourth-order valence-electron chi connectivity index (χ4n) is 4.35. The van der Waals surface area contributed by atoms with Crippen LogP contribution in [0.5, 0.6) is 5.75 Å². The molecule has 0 fully saturated rings. The van der Waals surface area contributed by atoms with Gasteiger partial charge in [0, 0.05) is 12.8 Å². The number of halogens is 1. The van der Waals surface area contributed by atoms with Gasteiger partial charge >= 0.3 is 0 Å². The topological polar surface area (TPSA) is 185 Å². The van der Waals surface area contributed by atoms with Crippen molar-refractivity contribution < 1.29 is 32.6 Å². The zero-order chi connectivity index (χ0) is 30.9. The Bertz CT molecular complexity index is 1670. The molecule has 2 aromatic heterocycles. The Balaban J connectivity index is 0.00000155. The average Bonchev–Trinajstić information content (AvgIpc) is 3.54. The Morgan fingerprint density at radius 3 is 2.48 bits per heavy atom. The molecule has 4 rings (SSSR count). The number of rotatable bonds is 13. The number of fused-ring (bicyclic) bond motifs is 1. The molecule has 4 aromatic rings. The predicted molar refractivity (Wildman–Crippen MR) is 160 cm³/mol. The fourth-order valence-corrected chi connectivity index (χ4v) is 7.20. The number of thiophene rings is 1. The van der Waals surface area contributed by atoms with Gasteiger partial charge in [0.2, 0.25) is 5.91 Å². The van der Waals surface area contributed by atoms with Crippen LogP contribution in [0.4, 0.5) is 0 Å². The molecule has 0 saturated heterocycles. The minimum absolute atomic E-state index is 0.0787. The van der Waals surface area contributed by atoms with Crippen molar-refractivity contribution in [2.75, 3.05) is 7.11 Å². The van der Waals surface area contributed by atoms with Crippen molar-refractivity contribution in [3.8, 4) is 5.75 Å². The second kappa shape index (κ2) is 14.9. The number of ether oxygens (including phenoxy) is 1. The summed E-state index contributed by atoms with van der Waals surface area (Å²) >= 11 is 6.98. The van der Waals surface area contributed by atoms with Crippen LogP contribution in [0.1, 0.15) is 36.1 Å². The van der Waals surface area contributed by atoms with Gasteiger partial charge in [-0.15, -0.1) is 11.3 Å². The van der Waals surface area contributed by atoms with Crippen LogP contribution in [0.15, 0.2) is 58.8 Å². The maximum atomic E-state index is 13.1. The number of Topliss-reactive ketones (excluding diaryl/α,β-unsaturated/α-hetero) is 1. The van der Waals surface area contributed by atoms with Gasteiger partial charge in [-0.3, -0.25) is 19.1 Å². The SMILES string of the molecule is COc1cccc2c1c(CS(=O)(=O)c1ccc(Cl)s1)nn2Cc1cccc(CCC(=O)[C@@H](N)CCC(N)=O)c1.O=CO. The van der Waals surface area contributed by atoms with Crippen LogP contribution in [0, 0.1) is 0 Å². The average molecular weight is 635 g/mol. The van der Waals surface area contributed by atoms with E-state index in [9.17, 15) is 18.0 Å². The van der Waals surface area contributed by atoms with Crippen LogP contribution in [0.3, 0.4) is 0 Å². The van der Waals surface area contributed by atoms with E-state index in [2.05, 4.69) is 0 Å². The lowest BCUT2D eigenvalue weighted by molar-refractivity contribution is -0.123. The largest absolute Gasteiger partial charge is 0.496 e. The van der Waals surface area contributed by atoms with Crippen molar-refractivity contribution in [1.29, 1.82) is 0 Å². The van der Waals surface area contributed by atoms with E-state index in [0.29, 0.717) is 34.1 Å². The monoisotopic (exact) mass is 634 g/mol. The van der Waals surface area contributed by atoms with Crippen molar-refractivity contribution in [3.63, 3.8) is 0 Å². The molecule has 0 bridgehead atoms. The number of amides is 1. The molecule has 1 amide bonds. The van der Waals surface area contributed by atoms with Crippen molar-refractivity contribution in [2.45, 2.75) is 48.2 Å². The molecular weight excluding hydrogens is 604 g/mol. The van der Waals surface area contributed by atoms with Gasteiger partial charge in [-0.1, -0.05) is 41.9 Å². The van der Waals surface area contributed by atoms with Gasteiger partial charge in [-0.05, 0) is 48.2 Å². The molecule has 0 aliphatic carbocycles. The number of ketones is 1. The number of carbonyl (C=O) groups excluding carboxylic acids is 2. The van der Waals surface area contributed by atoms with Crippen LogP contribution in [0.2, 0.25) is 4.34 Å². The van der Waals surface area contributed by atoms with E-state index in [1.807, 2.05) is 36.4 Å². The minimum atomic E-state index is -3.67. The molecule has 11 nitrogen and oxygen atoms in total. The van der Waals surface area contributed by atoms with Gasteiger partial charge in [0.1, 0.15) is 21.5 Å². The number of carbonyl (C=O) groups is 3. The first kappa shape index (κ1) is 32.7. The summed E-state index contributed by atoms with van der Waals surface area (Å²) < 4.78 is 34.1. The highest BCUT2D eigenvalue weighted by Gasteiger charge is 2.24. The second-order valence-corrected chi connectivity index (χ2v) is 13.2. The van der Waals surface area contributed by atoms with Gasteiger partial charge in [0.15, 0.2) is 9.84 Å². The van der Waals surface area contributed by atoms with Gasteiger partial charge < -0.3 is 21.3 Å². The first-order valence-corrected chi connectivity index (χ1v) is 15.6. The maximum Gasteiger partial charge on any atom is 0.290 e. The summed E-state index contributed by atoms with van der Waals surface area (Å²) in [6.45, 7) is 0.133. The molecule has 5 N–H and O–H groups in total. The number of nitrogens with zero attached hydrogens (tertiary/aromatic N) is 2. The summed E-state index contributed by atoms with van der Waals surface area (Å²) in [7, 11) is -2.14. The normalized spacial score (nSPS) is 11.9. The standard InChI is InChI=1S/C27H29ClN4O5S2.CH2O2/c1-37-23-7-3-6-21-27(23)20(16-39(35,36)26-13-11-24(28)38-26)31-32(21)15-18-5-2-4-17(14-18)8-10-22(33)19(29)9-12-25(30)34;2-1-3/h2-7,11,13-14,19H,8-10,12,15-16,29H2,1H3,(H2,30,34);1H,(H,2,3)/t19-;/m0./s1. The van der Waals surface area contributed by atoms with Crippen LogP contribution >= 0.6 is 22.9 Å². The molecule has 0 spiro atoms. The lowest BCUT2D eigenvalue weighted by Crippen LogP contribution is -2.32. The number of aryl methyl sites for hydroxylation is 1. The Morgan fingerprint density at radius 2 is 1.83 bits per heavy atom. The smallest absolute Gasteiger partial charge is 0.290 e. The molecule has 0 aliphatic heterocycles. The van der Waals surface area contributed by atoms with Crippen molar-refractivity contribution in [3.05, 3.63) is 75.8 Å². The molecule has 0 saturated carbocycles. The van der Waals surface area contributed by atoms with Crippen molar-refractivity contribution in [1.82, 2.24) is 9.78 Å². The summed E-state index contributed by atoms with van der Waals surface area (Å²) in [6, 6.07) is 15.6.